The van der Waals surface area contributed by atoms with E-state index in [-0.39, 0.29) is 29.7 Å². The van der Waals surface area contributed by atoms with Gasteiger partial charge in [0, 0.05) is 24.5 Å². The summed E-state index contributed by atoms with van der Waals surface area (Å²) in [5, 5.41) is 3.48. The van der Waals surface area contributed by atoms with Crippen molar-refractivity contribution in [2.45, 2.75) is 51.6 Å². The highest BCUT2D eigenvalue weighted by Crippen LogP contribution is 2.27. The standard InChI is InChI=1S/C37H42ClN3O5S/c1-5-46-33-18-20-34(21-19-33)47(44,45)41(32-16-14-28(4)15-17-32)26-36(42)40(25-30-12-9-13-31(38)22-30)35(37(43)39-24-27(2)3)23-29-10-7-6-8-11-29/h6-22,27,35H,5,23-26H2,1-4H3,(H,39,43)/t35-/m1/s1. The number of hydrogen-bond donors (Lipinski definition) is 1. The number of amides is 2. The SMILES string of the molecule is CCOc1ccc(S(=O)(=O)N(CC(=O)N(Cc2cccc(Cl)c2)[C@H](Cc2ccccc2)C(=O)NCC(C)C)c2ccc(C)cc2)cc1. The molecule has 0 aliphatic carbocycles. The highest BCUT2D eigenvalue weighted by atomic mass is 35.5. The maximum atomic E-state index is 14.6. The molecule has 0 unspecified atom stereocenters. The Bertz CT molecular complexity index is 1730. The molecule has 0 aromatic heterocycles. The molecule has 4 rings (SSSR count). The van der Waals surface area contributed by atoms with Gasteiger partial charge in [0.1, 0.15) is 18.3 Å². The number of carbonyl (C=O) groups excluding carboxylic acids is 2. The summed E-state index contributed by atoms with van der Waals surface area (Å²) in [7, 11) is -4.22. The first-order chi connectivity index (χ1) is 22.5. The van der Waals surface area contributed by atoms with Gasteiger partial charge in [-0.2, -0.15) is 0 Å². The molecule has 4 aromatic carbocycles. The van der Waals surface area contributed by atoms with Gasteiger partial charge in [0.2, 0.25) is 11.8 Å². The second-order valence-corrected chi connectivity index (χ2v) is 14.0. The van der Waals surface area contributed by atoms with Gasteiger partial charge in [-0.1, -0.05) is 85.6 Å². The molecule has 0 aliphatic rings. The largest absolute Gasteiger partial charge is 0.494 e. The molecule has 4 aromatic rings. The maximum absolute atomic E-state index is 14.6. The first-order valence-corrected chi connectivity index (χ1v) is 17.5. The van der Waals surface area contributed by atoms with Gasteiger partial charge in [0.25, 0.3) is 10.0 Å². The van der Waals surface area contributed by atoms with Gasteiger partial charge in [0.15, 0.2) is 0 Å². The van der Waals surface area contributed by atoms with Gasteiger partial charge in [0.05, 0.1) is 17.2 Å². The molecule has 0 heterocycles. The molecule has 8 nitrogen and oxygen atoms in total. The molecule has 10 heteroatoms. The third-order valence-electron chi connectivity index (χ3n) is 7.52. The lowest BCUT2D eigenvalue weighted by atomic mass is 10.0. The van der Waals surface area contributed by atoms with Crippen LogP contribution in [0, 0.1) is 12.8 Å². The highest BCUT2D eigenvalue weighted by molar-refractivity contribution is 7.92. The zero-order valence-electron chi connectivity index (χ0n) is 27.2. The van der Waals surface area contributed by atoms with Gasteiger partial charge in [-0.3, -0.25) is 13.9 Å². The minimum absolute atomic E-state index is 0.00577. The Morgan fingerprint density at radius 1 is 0.872 bits per heavy atom. The van der Waals surface area contributed by atoms with Crippen molar-refractivity contribution in [2.75, 3.05) is 24.0 Å². The van der Waals surface area contributed by atoms with E-state index in [0.29, 0.717) is 35.2 Å². The predicted octanol–water partition coefficient (Wildman–Crippen LogP) is 6.65. The van der Waals surface area contributed by atoms with Crippen LogP contribution in [-0.2, 0) is 32.6 Å². The van der Waals surface area contributed by atoms with E-state index in [1.165, 1.54) is 17.0 Å². The van der Waals surface area contributed by atoms with Crippen LogP contribution in [0.4, 0.5) is 5.69 Å². The average Bonchev–Trinajstić information content (AvgIpc) is 3.05. The first-order valence-electron chi connectivity index (χ1n) is 15.7. The molecule has 47 heavy (non-hydrogen) atoms. The van der Waals surface area contributed by atoms with Crippen LogP contribution in [0.5, 0.6) is 5.75 Å². The summed E-state index contributed by atoms with van der Waals surface area (Å²) in [6.07, 6.45) is 0.229. The smallest absolute Gasteiger partial charge is 0.264 e. The van der Waals surface area contributed by atoms with Crippen LogP contribution in [0.2, 0.25) is 5.02 Å². The first kappa shape index (κ1) is 35.5. The van der Waals surface area contributed by atoms with Crippen molar-refractivity contribution in [3.8, 4) is 5.75 Å². The number of ether oxygens (including phenoxy) is 1. The summed E-state index contributed by atoms with van der Waals surface area (Å²) in [5.41, 5.74) is 2.82. The van der Waals surface area contributed by atoms with E-state index in [9.17, 15) is 18.0 Å². The van der Waals surface area contributed by atoms with Crippen LogP contribution in [0.3, 0.4) is 0 Å². The van der Waals surface area contributed by atoms with Crippen molar-refractivity contribution in [3.05, 3.63) is 125 Å². The number of carbonyl (C=O) groups is 2. The number of benzene rings is 4. The molecule has 248 valence electrons. The van der Waals surface area contributed by atoms with Crippen LogP contribution in [0.1, 0.15) is 37.5 Å². The number of halogens is 1. The van der Waals surface area contributed by atoms with Crippen molar-refractivity contribution in [2.24, 2.45) is 5.92 Å². The third-order valence-corrected chi connectivity index (χ3v) is 9.54. The average molecular weight is 676 g/mol. The van der Waals surface area contributed by atoms with E-state index in [1.807, 2.05) is 64.1 Å². The number of rotatable bonds is 15. The lowest BCUT2D eigenvalue weighted by molar-refractivity contribution is -0.140. The zero-order valence-corrected chi connectivity index (χ0v) is 28.8. The maximum Gasteiger partial charge on any atom is 0.264 e. The number of nitrogens with one attached hydrogen (secondary N) is 1. The number of hydrogen-bond acceptors (Lipinski definition) is 5. The van der Waals surface area contributed by atoms with Crippen molar-refractivity contribution >= 4 is 39.1 Å². The molecular formula is C37H42ClN3O5S. The molecule has 0 spiro atoms. The Hall–Kier alpha value is -4.34. The number of anilines is 1. The fourth-order valence-corrected chi connectivity index (χ4v) is 6.68. The lowest BCUT2D eigenvalue weighted by Gasteiger charge is -2.34. The quantitative estimate of drug-likeness (QED) is 0.152. The second-order valence-electron chi connectivity index (χ2n) is 11.7. The fraction of sp³-hybridized carbons (Fsp3) is 0.297. The molecule has 0 saturated carbocycles. The molecular weight excluding hydrogens is 634 g/mol. The van der Waals surface area contributed by atoms with Gasteiger partial charge in [-0.25, -0.2) is 8.42 Å². The van der Waals surface area contributed by atoms with Crippen LogP contribution in [-0.4, -0.2) is 50.9 Å². The summed E-state index contributed by atoms with van der Waals surface area (Å²) < 4.78 is 35.1. The fourth-order valence-electron chi connectivity index (χ4n) is 5.05. The van der Waals surface area contributed by atoms with Gasteiger partial charge < -0.3 is 15.0 Å². The van der Waals surface area contributed by atoms with Gasteiger partial charge in [-0.15, -0.1) is 0 Å². The number of sulfonamides is 1. The second kappa shape index (κ2) is 16.5. The summed E-state index contributed by atoms with van der Waals surface area (Å²) in [4.78, 5) is 29.9. The van der Waals surface area contributed by atoms with Crippen LogP contribution in [0.25, 0.3) is 0 Å². The van der Waals surface area contributed by atoms with Crippen LogP contribution < -0.4 is 14.4 Å². The summed E-state index contributed by atoms with van der Waals surface area (Å²) in [6, 6.07) is 28.6. The lowest BCUT2D eigenvalue weighted by Crippen LogP contribution is -2.53. The minimum Gasteiger partial charge on any atom is -0.494 e. The van der Waals surface area contributed by atoms with E-state index in [4.69, 9.17) is 16.3 Å². The number of nitrogens with zero attached hydrogens (tertiary/aromatic N) is 2. The Morgan fingerprint density at radius 3 is 2.15 bits per heavy atom. The Kier molecular flexibility index (Phi) is 12.4. The molecule has 0 saturated heterocycles. The van der Waals surface area contributed by atoms with E-state index in [0.717, 1.165) is 15.4 Å². The minimum atomic E-state index is -4.22. The predicted molar refractivity (Wildman–Crippen MR) is 187 cm³/mol. The molecule has 2 amide bonds. The Labute approximate surface area is 283 Å². The third kappa shape index (κ3) is 9.83. The molecule has 0 fully saturated rings. The van der Waals surface area contributed by atoms with Crippen LogP contribution in [0.15, 0.2) is 108 Å². The van der Waals surface area contributed by atoms with E-state index < -0.39 is 28.5 Å². The normalized spacial score (nSPS) is 12.0. The molecule has 1 atom stereocenters. The van der Waals surface area contributed by atoms with Crippen molar-refractivity contribution < 1.29 is 22.7 Å². The topological polar surface area (TPSA) is 96.0 Å². The van der Waals surface area contributed by atoms with Gasteiger partial charge >= 0.3 is 0 Å². The van der Waals surface area contributed by atoms with Gasteiger partial charge in [-0.05, 0) is 79.4 Å². The monoisotopic (exact) mass is 675 g/mol. The van der Waals surface area contributed by atoms with E-state index in [2.05, 4.69) is 5.32 Å². The Morgan fingerprint density at radius 2 is 1.53 bits per heavy atom. The van der Waals surface area contributed by atoms with Crippen molar-refractivity contribution in [1.29, 1.82) is 0 Å². The Balaban J connectivity index is 1.79. The van der Waals surface area contributed by atoms with E-state index in [1.54, 1.807) is 54.6 Å². The highest BCUT2D eigenvalue weighted by Gasteiger charge is 2.34. The summed E-state index contributed by atoms with van der Waals surface area (Å²) >= 11 is 6.32. The van der Waals surface area contributed by atoms with Crippen LogP contribution >= 0.6 is 11.6 Å². The molecule has 0 bridgehead atoms. The van der Waals surface area contributed by atoms with Crippen molar-refractivity contribution in [3.63, 3.8) is 0 Å². The van der Waals surface area contributed by atoms with Crippen molar-refractivity contribution in [1.82, 2.24) is 10.2 Å². The summed E-state index contributed by atoms with van der Waals surface area (Å²) in [6.45, 7) is 8.09. The zero-order chi connectivity index (χ0) is 34.0. The molecule has 0 radical (unpaired) electrons. The van der Waals surface area contributed by atoms with E-state index >= 15 is 0 Å². The number of aryl methyl sites for hydroxylation is 1. The molecule has 1 N–H and O–H groups in total. The summed E-state index contributed by atoms with van der Waals surface area (Å²) in [5.74, 6) is -0.146. The molecule has 0 aliphatic heterocycles.